The molecule has 0 aliphatic carbocycles. The lowest BCUT2D eigenvalue weighted by molar-refractivity contribution is 0.622. The van der Waals surface area contributed by atoms with Crippen molar-refractivity contribution in [1.29, 1.82) is 0 Å². The Labute approximate surface area is 106 Å². The first kappa shape index (κ1) is 11.2. The highest BCUT2D eigenvalue weighted by Crippen LogP contribution is 2.27. The summed E-state index contributed by atoms with van der Waals surface area (Å²) in [7, 11) is 2.03. The first-order chi connectivity index (χ1) is 8.75. The van der Waals surface area contributed by atoms with Crippen molar-refractivity contribution in [2.24, 2.45) is 0 Å². The van der Waals surface area contributed by atoms with Crippen LogP contribution in [0.25, 0.3) is 0 Å². The number of rotatable bonds is 2. The Morgan fingerprint density at radius 2 is 2.22 bits per heavy atom. The molecule has 3 rings (SSSR count). The van der Waals surface area contributed by atoms with Gasteiger partial charge in [0.1, 0.15) is 17.5 Å². The summed E-state index contributed by atoms with van der Waals surface area (Å²) in [5, 5.41) is 3.38. The lowest BCUT2D eigenvalue weighted by Gasteiger charge is -2.24. The standard InChI is InChI=1S/C13H17N5/c1-9-16-11-5-7-14-8-10(11)13(17-9)18(2)12-4-3-6-15-12/h3-4,6,14-15H,5,7-8H2,1-2H3. The second-order valence-electron chi connectivity index (χ2n) is 4.56. The van der Waals surface area contributed by atoms with Gasteiger partial charge >= 0.3 is 0 Å². The van der Waals surface area contributed by atoms with Crippen LogP contribution in [0.2, 0.25) is 0 Å². The number of nitrogens with one attached hydrogen (secondary N) is 2. The first-order valence-corrected chi connectivity index (χ1v) is 6.20. The fourth-order valence-corrected chi connectivity index (χ4v) is 2.37. The molecule has 0 saturated carbocycles. The summed E-state index contributed by atoms with van der Waals surface area (Å²) in [6.07, 6.45) is 2.90. The van der Waals surface area contributed by atoms with Gasteiger partial charge in [0.15, 0.2) is 0 Å². The molecule has 18 heavy (non-hydrogen) atoms. The Morgan fingerprint density at radius 3 is 3.00 bits per heavy atom. The maximum Gasteiger partial charge on any atom is 0.142 e. The van der Waals surface area contributed by atoms with E-state index in [0.717, 1.165) is 37.0 Å². The monoisotopic (exact) mass is 243 g/mol. The molecule has 5 heteroatoms. The minimum Gasteiger partial charge on any atom is -0.348 e. The highest BCUT2D eigenvalue weighted by atomic mass is 15.2. The predicted molar refractivity (Wildman–Crippen MR) is 71.0 cm³/mol. The molecule has 0 unspecified atom stereocenters. The molecular formula is C13H17N5. The fraction of sp³-hybridized carbons (Fsp3) is 0.385. The number of hydrogen-bond acceptors (Lipinski definition) is 4. The van der Waals surface area contributed by atoms with E-state index in [-0.39, 0.29) is 0 Å². The van der Waals surface area contributed by atoms with Crippen molar-refractivity contribution in [3.63, 3.8) is 0 Å². The molecule has 2 N–H and O–H groups in total. The van der Waals surface area contributed by atoms with Crippen LogP contribution in [0.5, 0.6) is 0 Å². The SMILES string of the molecule is Cc1nc2c(c(N(C)c3ccc[nH]3)n1)CNCC2. The van der Waals surface area contributed by atoms with Gasteiger partial charge in [0.05, 0.1) is 5.69 Å². The molecule has 1 aliphatic heterocycles. The second kappa shape index (κ2) is 4.42. The van der Waals surface area contributed by atoms with Crippen molar-refractivity contribution in [2.45, 2.75) is 19.9 Å². The van der Waals surface area contributed by atoms with Gasteiger partial charge in [0, 0.05) is 38.3 Å². The minimum absolute atomic E-state index is 0.837. The molecule has 2 aromatic heterocycles. The molecule has 0 bridgehead atoms. The average Bonchev–Trinajstić information content (AvgIpc) is 2.90. The number of anilines is 2. The smallest absolute Gasteiger partial charge is 0.142 e. The highest BCUT2D eigenvalue weighted by molar-refractivity contribution is 5.60. The van der Waals surface area contributed by atoms with Crippen LogP contribution in [0.15, 0.2) is 18.3 Å². The number of H-pyrrole nitrogens is 1. The number of nitrogens with zero attached hydrogens (tertiary/aromatic N) is 3. The molecular weight excluding hydrogens is 226 g/mol. The van der Waals surface area contributed by atoms with Gasteiger partial charge in [0.2, 0.25) is 0 Å². The lowest BCUT2D eigenvalue weighted by Crippen LogP contribution is -2.28. The molecule has 5 nitrogen and oxygen atoms in total. The van der Waals surface area contributed by atoms with Gasteiger partial charge in [-0.25, -0.2) is 9.97 Å². The fourth-order valence-electron chi connectivity index (χ4n) is 2.37. The molecule has 3 heterocycles. The van der Waals surface area contributed by atoms with Gasteiger partial charge in [-0.05, 0) is 19.1 Å². The summed E-state index contributed by atoms with van der Waals surface area (Å²) >= 11 is 0. The minimum atomic E-state index is 0.837. The Hall–Kier alpha value is -1.88. The molecule has 2 aromatic rings. The molecule has 0 saturated heterocycles. The maximum absolute atomic E-state index is 4.60. The molecule has 0 aromatic carbocycles. The maximum atomic E-state index is 4.60. The number of aromatic nitrogens is 3. The normalized spacial score (nSPS) is 14.3. The van der Waals surface area contributed by atoms with Crippen molar-refractivity contribution in [3.8, 4) is 0 Å². The van der Waals surface area contributed by atoms with E-state index in [1.54, 1.807) is 0 Å². The van der Waals surface area contributed by atoms with Crippen molar-refractivity contribution < 1.29 is 0 Å². The van der Waals surface area contributed by atoms with Gasteiger partial charge in [0.25, 0.3) is 0 Å². The number of aromatic amines is 1. The molecule has 0 amide bonds. The summed E-state index contributed by atoms with van der Waals surface area (Å²) in [4.78, 5) is 14.4. The molecule has 1 aliphatic rings. The van der Waals surface area contributed by atoms with Gasteiger partial charge in [-0.1, -0.05) is 0 Å². The first-order valence-electron chi connectivity index (χ1n) is 6.20. The largest absolute Gasteiger partial charge is 0.348 e. The molecule has 0 fully saturated rings. The third-order valence-electron chi connectivity index (χ3n) is 3.28. The third-order valence-corrected chi connectivity index (χ3v) is 3.28. The summed E-state index contributed by atoms with van der Waals surface area (Å²) in [6, 6.07) is 4.03. The number of aryl methyl sites for hydroxylation is 1. The van der Waals surface area contributed by atoms with Crippen LogP contribution in [0.4, 0.5) is 11.6 Å². The number of fused-ring (bicyclic) bond motifs is 1. The zero-order valence-corrected chi connectivity index (χ0v) is 10.7. The zero-order valence-electron chi connectivity index (χ0n) is 10.7. The van der Waals surface area contributed by atoms with E-state index in [9.17, 15) is 0 Å². The van der Waals surface area contributed by atoms with E-state index in [0.29, 0.717) is 0 Å². The van der Waals surface area contributed by atoms with E-state index in [1.807, 2.05) is 32.3 Å². The molecule has 0 spiro atoms. The van der Waals surface area contributed by atoms with Crippen molar-refractivity contribution in [1.82, 2.24) is 20.3 Å². The van der Waals surface area contributed by atoms with Crippen LogP contribution in [0, 0.1) is 6.92 Å². The summed E-state index contributed by atoms with van der Waals surface area (Å²) in [5.74, 6) is 2.87. The van der Waals surface area contributed by atoms with E-state index in [2.05, 4.69) is 25.2 Å². The van der Waals surface area contributed by atoms with Crippen molar-refractivity contribution in [3.05, 3.63) is 35.4 Å². The van der Waals surface area contributed by atoms with Crippen LogP contribution in [-0.2, 0) is 13.0 Å². The molecule has 0 radical (unpaired) electrons. The third kappa shape index (κ3) is 1.86. The highest BCUT2D eigenvalue weighted by Gasteiger charge is 2.19. The molecule has 0 atom stereocenters. The van der Waals surface area contributed by atoms with E-state index < -0.39 is 0 Å². The second-order valence-corrected chi connectivity index (χ2v) is 4.56. The Bertz CT molecular complexity index is 547. The van der Waals surface area contributed by atoms with Crippen LogP contribution < -0.4 is 10.2 Å². The summed E-state index contributed by atoms with van der Waals surface area (Å²) in [6.45, 7) is 3.79. The topological polar surface area (TPSA) is 56.8 Å². The van der Waals surface area contributed by atoms with Crippen LogP contribution in [0.1, 0.15) is 17.1 Å². The Balaban J connectivity index is 2.08. The predicted octanol–water partition coefficient (Wildman–Crippen LogP) is 1.53. The summed E-state index contributed by atoms with van der Waals surface area (Å²) in [5.41, 5.74) is 2.39. The lowest BCUT2D eigenvalue weighted by atomic mass is 10.1. The van der Waals surface area contributed by atoms with Gasteiger partial charge in [-0.15, -0.1) is 0 Å². The zero-order chi connectivity index (χ0) is 12.5. The Morgan fingerprint density at radius 1 is 1.33 bits per heavy atom. The Kier molecular flexibility index (Phi) is 2.76. The van der Waals surface area contributed by atoms with Crippen molar-refractivity contribution >= 4 is 11.6 Å². The molecule has 94 valence electrons. The van der Waals surface area contributed by atoms with E-state index in [1.165, 1.54) is 11.3 Å². The van der Waals surface area contributed by atoms with Crippen LogP contribution >= 0.6 is 0 Å². The quantitative estimate of drug-likeness (QED) is 0.840. The average molecular weight is 243 g/mol. The van der Waals surface area contributed by atoms with E-state index in [4.69, 9.17) is 0 Å². The van der Waals surface area contributed by atoms with Crippen molar-refractivity contribution in [2.75, 3.05) is 18.5 Å². The van der Waals surface area contributed by atoms with E-state index >= 15 is 0 Å². The van der Waals surface area contributed by atoms with Gasteiger partial charge < -0.3 is 15.2 Å². The summed E-state index contributed by atoms with van der Waals surface area (Å²) < 4.78 is 0. The van der Waals surface area contributed by atoms with Gasteiger partial charge in [-0.2, -0.15) is 0 Å². The van der Waals surface area contributed by atoms with Crippen LogP contribution in [0.3, 0.4) is 0 Å². The van der Waals surface area contributed by atoms with Gasteiger partial charge in [-0.3, -0.25) is 0 Å². The number of hydrogen-bond donors (Lipinski definition) is 2. The van der Waals surface area contributed by atoms with Crippen LogP contribution in [-0.4, -0.2) is 28.5 Å².